The molecule has 3 heteroatoms. The van der Waals surface area contributed by atoms with E-state index in [9.17, 15) is 0 Å². The van der Waals surface area contributed by atoms with Crippen LogP contribution in [0.15, 0.2) is 23.2 Å². The molecule has 3 nitrogen and oxygen atoms in total. The zero-order valence-electron chi connectivity index (χ0n) is 11.3. The summed E-state index contributed by atoms with van der Waals surface area (Å²) in [5, 5.41) is 0. The molecule has 1 aliphatic carbocycles. The lowest BCUT2D eigenvalue weighted by Gasteiger charge is -2.21. The molecule has 18 heavy (non-hydrogen) atoms. The van der Waals surface area contributed by atoms with E-state index in [0.29, 0.717) is 12.5 Å². The molecule has 0 amide bonds. The van der Waals surface area contributed by atoms with E-state index in [2.05, 4.69) is 42.9 Å². The van der Waals surface area contributed by atoms with Crippen LogP contribution in [0.4, 0.5) is 0 Å². The van der Waals surface area contributed by atoms with E-state index in [1.807, 2.05) is 6.07 Å². The highest BCUT2D eigenvalue weighted by Crippen LogP contribution is 2.39. The third-order valence-electron chi connectivity index (χ3n) is 3.64. The van der Waals surface area contributed by atoms with Crippen LogP contribution in [0, 0.1) is 5.41 Å². The Balaban J connectivity index is 1.85. The Bertz CT molecular complexity index is 484. The first-order chi connectivity index (χ1) is 8.54. The smallest absolute Gasteiger partial charge is 0.235 e. The first-order valence-electron chi connectivity index (χ1n) is 6.72. The number of ether oxygens (including phenoxy) is 1. The van der Waals surface area contributed by atoms with Crippen LogP contribution in [0.25, 0.3) is 0 Å². The van der Waals surface area contributed by atoms with Crippen molar-refractivity contribution in [2.45, 2.75) is 45.6 Å². The highest BCUT2D eigenvalue weighted by Gasteiger charge is 2.31. The molecule has 3 rings (SSSR count). The summed E-state index contributed by atoms with van der Waals surface area (Å²) in [5.41, 5.74) is 2.24. The van der Waals surface area contributed by atoms with Crippen LogP contribution >= 0.6 is 0 Å². The van der Waals surface area contributed by atoms with E-state index < -0.39 is 0 Å². The number of pyridine rings is 1. The minimum Gasteiger partial charge on any atom is -0.474 e. The molecule has 1 atom stereocenters. The monoisotopic (exact) mass is 244 g/mol. The molecule has 1 aliphatic heterocycles. The van der Waals surface area contributed by atoms with Gasteiger partial charge in [-0.15, -0.1) is 0 Å². The van der Waals surface area contributed by atoms with Gasteiger partial charge in [-0.1, -0.05) is 26.8 Å². The van der Waals surface area contributed by atoms with Gasteiger partial charge >= 0.3 is 0 Å². The zero-order chi connectivity index (χ0) is 12.8. The second-order valence-electron chi connectivity index (χ2n) is 6.35. The first-order valence-corrected chi connectivity index (χ1v) is 6.72. The maximum absolute atomic E-state index is 5.72. The van der Waals surface area contributed by atoms with E-state index in [-0.39, 0.29) is 11.5 Å². The fourth-order valence-corrected chi connectivity index (χ4v) is 2.13. The first kappa shape index (κ1) is 11.7. The number of aliphatic imine (C=N–C) groups is 1. The quantitative estimate of drug-likeness (QED) is 0.801. The third kappa shape index (κ3) is 2.26. The van der Waals surface area contributed by atoms with E-state index in [1.165, 1.54) is 18.5 Å². The van der Waals surface area contributed by atoms with Crippen molar-refractivity contribution >= 4 is 5.90 Å². The van der Waals surface area contributed by atoms with Gasteiger partial charge in [0.2, 0.25) is 5.90 Å². The van der Waals surface area contributed by atoms with E-state index in [0.717, 1.165) is 11.6 Å². The summed E-state index contributed by atoms with van der Waals surface area (Å²) in [6.45, 7) is 7.26. The summed E-state index contributed by atoms with van der Waals surface area (Å²) in [7, 11) is 0. The summed E-state index contributed by atoms with van der Waals surface area (Å²) in [5.74, 6) is 1.39. The van der Waals surface area contributed by atoms with Gasteiger partial charge in [-0.3, -0.25) is 0 Å². The van der Waals surface area contributed by atoms with Crippen LogP contribution in [0.2, 0.25) is 0 Å². The Morgan fingerprint density at radius 3 is 2.61 bits per heavy atom. The lowest BCUT2D eigenvalue weighted by atomic mass is 9.88. The molecule has 1 aromatic heterocycles. The van der Waals surface area contributed by atoms with Crippen molar-refractivity contribution in [2.24, 2.45) is 10.4 Å². The van der Waals surface area contributed by atoms with E-state index >= 15 is 0 Å². The van der Waals surface area contributed by atoms with Crippen molar-refractivity contribution in [2.75, 3.05) is 6.61 Å². The largest absolute Gasteiger partial charge is 0.474 e. The minimum atomic E-state index is 0.149. The fraction of sp³-hybridized carbons (Fsp3) is 0.600. The van der Waals surface area contributed by atoms with E-state index in [4.69, 9.17) is 4.74 Å². The van der Waals surface area contributed by atoms with Gasteiger partial charge in [0.15, 0.2) is 0 Å². The molecule has 0 unspecified atom stereocenters. The molecule has 1 aromatic rings. The highest BCUT2D eigenvalue weighted by atomic mass is 16.5. The van der Waals surface area contributed by atoms with Crippen molar-refractivity contribution in [1.82, 2.24) is 4.98 Å². The fourth-order valence-electron chi connectivity index (χ4n) is 2.13. The number of aromatic nitrogens is 1. The molecule has 0 bridgehead atoms. The minimum absolute atomic E-state index is 0.149. The van der Waals surface area contributed by atoms with Crippen molar-refractivity contribution in [1.29, 1.82) is 0 Å². The maximum atomic E-state index is 5.72. The molecule has 2 aliphatic rings. The third-order valence-corrected chi connectivity index (χ3v) is 3.64. The van der Waals surface area contributed by atoms with Crippen molar-refractivity contribution in [3.8, 4) is 0 Å². The molecule has 1 fully saturated rings. The Labute approximate surface area is 108 Å². The topological polar surface area (TPSA) is 34.5 Å². The van der Waals surface area contributed by atoms with Crippen LogP contribution < -0.4 is 0 Å². The molecule has 0 aromatic carbocycles. The Hall–Kier alpha value is -1.38. The van der Waals surface area contributed by atoms with Crippen LogP contribution in [0.3, 0.4) is 0 Å². The van der Waals surface area contributed by atoms with Gasteiger partial charge in [0, 0.05) is 11.6 Å². The average molecular weight is 244 g/mol. The highest BCUT2D eigenvalue weighted by molar-refractivity contribution is 5.93. The Morgan fingerprint density at radius 1 is 1.22 bits per heavy atom. The summed E-state index contributed by atoms with van der Waals surface area (Å²) in [4.78, 5) is 9.36. The van der Waals surface area contributed by atoms with E-state index in [1.54, 1.807) is 0 Å². The lowest BCUT2D eigenvalue weighted by molar-refractivity contribution is 0.235. The van der Waals surface area contributed by atoms with Gasteiger partial charge in [-0.2, -0.15) is 0 Å². The zero-order valence-corrected chi connectivity index (χ0v) is 11.3. The summed E-state index contributed by atoms with van der Waals surface area (Å²) in [6.07, 6.45) is 2.54. The maximum Gasteiger partial charge on any atom is 0.235 e. The molecule has 0 spiro atoms. The predicted octanol–water partition coefficient (Wildman–Crippen LogP) is 3.15. The average Bonchev–Trinajstić information content (AvgIpc) is 3.04. The van der Waals surface area contributed by atoms with Gasteiger partial charge in [0.05, 0.1) is 6.04 Å². The Morgan fingerprint density at radius 2 is 2.00 bits per heavy atom. The second kappa shape index (κ2) is 4.08. The molecular weight excluding hydrogens is 224 g/mol. The number of hydrogen-bond acceptors (Lipinski definition) is 3. The molecule has 0 radical (unpaired) electrons. The number of hydrogen-bond donors (Lipinski definition) is 0. The normalized spacial score (nSPS) is 23.7. The van der Waals surface area contributed by atoms with Crippen LogP contribution in [0.5, 0.6) is 0 Å². The number of rotatable bonds is 2. The number of nitrogens with zero attached hydrogens (tertiary/aromatic N) is 2. The SMILES string of the molecule is CC(C)(C)[C@@H]1COC(c2cccc(C3CC3)n2)=N1. The van der Waals surface area contributed by atoms with Crippen molar-refractivity contribution in [3.63, 3.8) is 0 Å². The van der Waals surface area contributed by atoms with Gasteiger partial charge in [-0.05, 0) is 30.4 Å². The second-order valence-corrected chi connectivity index (χ2v) is 6.35. The molecule has 0 N–H and O–H groups in total. The van der Waals surface area contributed by atoms with Gasteiger partial charge in [-0.25, -0.2) is 9.98 Å². The standard InChI is InChI=1S/C15H20N2O/c1-15(2,3)13-9-18-14(17-13)12-6-4-5-11(16-12)10-7-8-10/h4-6,10,13H,7-9H2,1-3H3/t13-/m0/s1. The van der Waals surface area contributed by atoms with Crippen LogP contribution in [-0.2, 0) is 4.74 Å². The van der Waals surface area contributed by atoms with Crippen LogP contribution in [-0.4, -0.2) is 23.5 Å². The predicted molar refractivity (Wildman–Crippen MR) is 71.9 cm³/mol. The van der Waals surface area contributed by atoms with Crippen molar-refractivity contribution in [3.05, 3.63) is 29.6 Å². The van der Waals surface area contributed by atoms with Gasteiger partial charge in [0.1, 0.15) is 12.3 Å². The molecule has 96 valence electrons. The summed E-state index contributed by atoms with van der Waals surface area (Å²) in [6, 6.07) is 6.40. The summed E-state index contributed by atoms with van der Waals surface area (Å²) >= 11 is 0. The molecule has 0 saturated heterocycles. The summed E-state index contributed by atoms with van der Waals surface area (Å²) < 4.78 is 5.72. The Kier molecular flexibility index (Phi) is 2.65. The van der Waals surface area contributed by atoms with Gasteiger partial charge in [0.25, 0.3) is 0 Å². The molecule has 1 saturated carbocycles. The van der Waals surface area contributed by atoms with Crippen molar-refractivity contribution < 1.29 is 4.74 Å². The van der Waals surface area contributed by atoms with Crippen LogP contribution in [0.1, 0.15) is 50.9 Å². The molecule has 2 heterocycles. The van der Waals surface area contributed by atoms with Gasteiger partial charge < -0.3 is 4.74 Å². The molecular formula is C15H20N2O. The lowest BCUT2D eigenvalue weighted by Crippen LogP contribution is -2.25.